The summed E-state index contributed by atoms with van der Waals surface area (Å²) in [7, 11) is 0. The van der Waals surface area contributed by atoms with Crippen molar-refractivity contribution in [3.05, 3.63) is 17.5 Å². The van der Waals surface area contributed by atoms with Crippen molar-refractivity contribution in [1.29, 1.82) is 0 Å². The molecule has 1 aromatic rings. The van der Waals surface area contributed by atoms with Crippen molar-refractivity contribution in [3.8, 4) is 0 Å². The number of hydrogen-bond acceptors (Lipinski definition) is 2. The topological polar surface area (TPSA) is 38.0 Å². The van der Waals surface area contributed by atoms with Crippen LogP contribution < -0.4 is 0 Å². The summed E-state index contributed by atoms with van der Waals surface area (Å²) in [6.07, 6.45) is 2.86. The normalized spacial score (nSPS) is 31.9. The van der Waals surface area contributed by atoms with E-state index in [0.29, 0.717) is 5.92 Å². The maximum absolute atomic E-state index is 10.0. The van der Waals surface area contributed by atoms with E-state index in [0.717, 1.165) is 30.7 Å². The molecule has 0 spiro atoms. The van der Waals surface area contributed by atoms with Gasteiger partial charge in [0.2, 0.25) is 0 Å². The van der Waals surface area contributed by atoms with Gasteiger partial charge in [-0.2, -0.15) is 5.10 Å². The highest BCUT2D eigenvalue weighted by atomic mass is 16.3. The molecule has 0 aliphatic heterocycles. The molecule has 1 aliphatic carbocycles. The monoisotopic (exact) mass is 208 g/mol. The summed E-state index contributed by atoms with van der Waals surface area (Å²) < 4.78 is 2.01. The molecule has 2 rings (SSSR count). The molecule has 1 aromatic heterocycles. The smallest absolute Gasteiger partial charge is 0.0783 e. The van der Waals surface area contributed by atoms with E-state index in [1.165, 1.54) is 0 Å². The van der Waals surface area contributed by atoms with Gasteiger partial charge in [0.1, 0.15) is 0 Å². The van der Waals surface area contributed by atoms with Crippen molar-refractivity contribution in [1.82, 2.24) is 9.78 Å². The highest BCUT2D eigenvalue weighted by Crippen LogP contribution is 2.32. The Bertz CT molecular complexity index is 345. The summed E-state index contributed by atoms with van der Waals surface area (Å²) in [5.74, 6) is 0.697. The number of aliphatic hydroxyl groups is 1. The molecular weight excluding hydrogens is 188 g/mol. The van der Waals surface area contributed by atoms with Gasteiger partial charge >= 0.3 is 0 Å². The van der Waals surface area contributed by atoms with Crippen LogP contribution in [-0.2, 0) is 0 Å². The lowest BCUT2D eigenvalue weighted by molar-refractivity contribution is 0.0508. The molecule has 0 aromatic carbocycles. The average molecular weight is 208 g/mol. The highest BCUT2D eigenvalue weighted by molar-refractivity contribution is 5.08. The largest absolute Gasteiger partial charge is 0.391 e. The van der Waals surface area contributed by atoms with Gasteiger partial charge < -0.3 is 5.11 Å². The molecule has 1 N–H and O–H groups in total. The Morgan fingerprint density at radius 3 is 2.73 bits per heavy atom. The van der Waals surface area contributed by atoms with Gasteiger partial charge in [-0.3, -0.25) is 4.68 Å². The lowest BCUT2D eigenvalue weighted by Gasteiger charge is -2.32. The first kappa shape index (κ1) is 10.7. The van der Waals surface area contributed by atoms with Gasteiger partial charge in [-0.25, -0.2) is 0 Å². The zero-order valence-electron chi connectivity index (χ0n) is 9.77. The summed E-state index contributed by atoms with van der Waals surface area (Å²) in [5, 5.41) is 14.5. The van der Waals surface area contributed by atoms with E-state index in [1.54, 1.807) is 0 Å². The SMILES string of the molecule is Cc1cc(C)n(C2CC(C)CCC2O)n1. The van der Waals surface area contributed by atoms with Crippen molar-refractivity contribution in [2.24, 2.45) is 5.92 Å². The average Bonchev–Trinajstić information content (AvgIpc) is 2.50. The molecule has 0 amide bonds. The van der Waals surface area contributed by atoms with Crippen LogP contribution in [0.1, 0.15) is 43.6 Å². The summed E-state index contributed by atoms with van der Waals surface area (Å²) in [6, 6.07) is 2.26. The summed E-state index contributed by atoms with van der Waals surface area (Å²) >= 11 is 0. The van der Waals surface area contributed by atoms with Crippen LogP contribution in [0.15, 0.2) is 6.07 Å². The van der Waals surface area contributed by atoms with E-state index in [1.807, 2.05) is 11.6 Å². The van der Waals surface area contributed by atoms with E-state index >= 15 is 0 Å². The number of aryl methyl sites for hydroxylation is 2. The Morgan fingerprint density at radius 2 is 2.13 bits per heavy atom. The molecule has 3 heteroatoms. The van der Waals surface area contributed by atoms with Gasteiger partial charge in [-0.1, -0.05) is 6.92 Å². The van der Waals surface area contributed by atoms with Crippen LogP contribution in [0.2, 0.25) is 0 Å². The molecule has 0 bridgehead atoms. The summed E-state index contributed by atoms with van der Waals surface area (Å²) in [5.41, 5.74) is 2.20. The number of hydrogen-bond donors (Lipinski definition) is 1. The summed E-state index contributed by atoms with van der Waals surface area (Å²) in [4.78, 5) is 0. The molecule has 15 heavy (non-hydrogen) atoms. The lowest BCUT2D eigenvalue weighted by atomic mass is 9.85. The van der Waals surface area contributed by atoms with E-state index in [9.17, 15) is 5.11 Å². The zero-order chi connectivity index (χ0) is 11.0. The van der Waals surface area contributed by atoms with Crippen LogP contribution in [0.5, 0.6) is 0 Å². The third-order valence-corrected chi connectivity index (χ3v) is 3.40. The van der Waals surface area contributed by atoms with Gasteiger partial charge in [0.05, 0.1) is 17.8 Å². The van der Waals surface area contributed by atoms with Gasteiger partial charge in [-0.05, 0) is 45.1 Å². The molecule has 1 heterocycles. The Balaban J connectivity index is 2.24. The van der Waals surface area contributed by atoms with Crippen LogP contribution >= 0.6 is 0 Å². The Morgan fingerprint density at radius 1 is 1.40 bits per heavy atom. The van der Waals surface area contributed by atoms with E-state index in [4.69, 9.17) is 0 Å². The second kappa shape index (κ2) is 3.97. The molecular formula is C12H20N2O. The molecule has 3 unspecified atom stereocenters. The van der Waals surface area contributed by atoms with Gasteiger partial charge in [0.25, 0.3) is 0 Å². The van der Waals surface area contributed by atoms with Gasteiger partial charge in [-0.15, -0.1) is 0 Å². The fourth-order valence-corrected chi connectivity index (χ4v) is 2.58. The maximum atomic E-state index is 10.0. The fraction of sp³-hybridized carbons (Fsp3) is 0.750. The minimum absolute atomic E-state index is 0.183. The maximum Gasteiger partial charge on any atom is 0.0783 e. The Hall–Kier alpha value is -0.830. The quantitative estimate of drug-likeness (QED) is 0.768. The first-order valence-electron chi connectivity index (χ1n) is 5.78. The first-order chi connectivity index (χ1) is 7.08. The fourth-order valence-electron chi connectivity index (χ4n) is 2.58. The van der Waals surface area contributed by atoms with Crippen LogP contribution in [0.4, 0.5) is 0 Å². The predicted octanol–water partition coefficient (Wildman–Crippen LogP) is 2.22. The van der Waals surface area contributed by atoms with Gasteiger partial charge in [0, 0.05) is 5.69 Å². The van der Waals surface area contributed by atoms with E-state index in [-0.39, 0.29) is 12.1 Å². The number of aromatic nitrogens is 2. The number of nitrogens with zero attached hydrogens (tertiary/aromatic N) is 2. The standard InChI is InChI=1S/C12H20N2O/c1-8-4-5-12(15)11(6-8)14-10(3)7-9(2)13-14/h7-8,11-12,15H,4-6H2,1-3H3. The molecule has 0 radical (unpaired) electrons. The Labute approximate surface area is 91.1 Å². The molecule has 1 fully saturated rings. The van der Waals surface area contributed by atoms with Crippen molar-refractivity contribution >= 4 is 0 Å². The van der Waals surface area contributed by atoms with Crippen molar-refractivity contribution < 1.29 is 5.11 Å². The van der Waals surface area contributed by atoms with Crippen LogP contribution in [0.3, 0.4) is 0 Å². The molecule has 1 aliphatic rings. The predicted molar refractivity (Wildman–Crippen MR) is 59.8 cm³/mol. The molecule has 3 atom stereocenters. The zero-order valence-corrected chi connectivity index (χ0v) is 9.77. The molecule has 84 valence electrons. The van der Waals surface area contributed by atoms with Crippen LogP contribution in [0.25, 0.3) is 0 Å². The van der Waals surface area contributed by atoms with Crippen molar-refractivity contribution in [2.75, 3.05) is 0 Å². The van der Waals surface area contributed by atoms with Gasteiger partial charge in [0.15, 0.2) is 0 Å². The second-order valence-electron chi connectivity index (χ2n) is 4.92. The first-order valence-corrected chi connectivity index (χ1v) is 5.78. The number of rotatable bonds is 1. The molecule has 3 nitrogen and oxygen atoms in total. The second-order valence-corrected chi connectivity index (χ2v) is 4.92. The highest BCUT2D eigenvalue weighted by Gasteiger charge is 2.29. The third-order valence-electron chi connectivity index (χ3n) is 3.40. The minimum atomic E-state index is -0.223. The van der Waals surface area contributed by atoms with E-state index in [2.05, 4.69) is 25.0 Å². The minimum Gasteiger partial charge on any atom is -0.391 e. The molecule has 1 saturated carbocycles. The summed E-state index contributed by atoms with van der Waals surface area (Å²) in [6.45, 7) is 6.32. The lowest BCUT2D eigenvalue weighted by Crippen LogP contribution is -2.32. The Kier molecular flexibility index (Phi) is 2.83. The van der Waals surface area contributed by atoms with Crippen LogP contribution in [-0.4, -0.2) is 21.0 Å². The van der Waals surface area contributed by atoms with E-state index < -0.39 is 0 Å². The van der Waals surface area contributed by atoms with Crippen LogP contribution in [0, 0.1) is 19.8 Å². The van der Waals surface area contributed by atoms with Crippen molar-refractivity contribution in [3.63, 3.8) is 0 Å². The third kappa shape index (κ3) is 2.07. The van der Waals surface area contributed by atoms with Crippen molar-refractivity contribution in [2.45, 2.75) is 52.2 Å². The molecule has 0 saturated heterocycles. The number of aliphatic hydroxyl groups excluding tert-OH is 1.